The maximum Gasteiger partial charge on any atom is 0.0625 e. The Bertz CT molecular complexity index is 271. The van der Waals surface area contributed by atoms with Crippen LogP contribution in [-0.4, -0.2) is 0 Å². The number of hydrogen-bond acceptors (Lipinski definition) is 1. The van der Waals surface area contributed by atoms with Crippen molar-refractivity contribution in [3.05, 3.63) is 27.7 Å². The quantitative estimate of drug-likeness (QED) is 0.676. The minimum atomic E-state index is 0.531. The van der Waals surface area contributed by atoms with E-state index in [1.54, 1.807) is 6.07 Å². The molecular formula is C8H9Cl2N. The molecule has 0 amide bonds. The van der Waals surface area contributed by atoms with E-state index in [4.69, 9.17) is 28.9 Å². The molecule has 0 bridgehead atoms. The molecule has 0 unspecified atom stereocenters. The van der Waals surface area contributed by atoms with E-state index >= 15 is 0 Å². The second-order valence-electron chi connectivity index (χ2n) is 2.33. The van der Waals surface area contributed by atoms with Gasteiger partial charge in [-0.3, -0.25) is 0 Å². The molecule has 1 rings (SSSR count). The van der Waals surface area contributed by atoms with Gasteiger partial charge in [0.15, 0.2) is 0 Å². The molecule has 60 valence electrons. The highest BCUT2D eigenvalue weighted by Gasteiger charge is 2.03. The third kappa shape index (κ3) is 1.79. The number of anilines is 1. The predicted octanol–water partition coefficient (Wildman–Crippen LogP) is 3.14. The standard InChI is InChI=1S/C8H9Cl2N/c1-2-5-3-6(11)4-7(9)8(5)10/h3-4H,2,11H2,1H3. The van der Waals surface area contributed by atoms with Crippen LogP contribution in [0, 0.1) is 0 Å². The molecule has 0 saturated heterocycles. The Labute approximate surface area is 76.1 Å². The number of benzene rings is 1. The fourth-order valence-corrected chi connectivity index (χ4v) is 1.42. The SMILES string of the molecule is CCc1cc(N)cc(Cl)c1Cl. The van der Waals surface area contributed by atoms with E-state index in [1.165, 1.54) is 0 Å². The fourth-order valence-electron chi connectivity index (χ4n) is 0.927. The van der Waals surface area contributed by atoms with Crippen LogP contribution < -0.4 is 5.73 Å². The van der Waals surface area contributed by atoms with E-state index in [1.807, 2.05) is 13.0 Å². The molecule has 0 aliphatic heterocycles. The second-order valence-corrected chi connectivity index (χ2v) is 3.11. The summed E-state index contributed by atoms with van der Waals surface area (Å²) in [4.78, 5) is 0. The van der Waals surface area contributed by atoms with E-state index < -0.39 is 0 Å². The number of rotatable bonds is 1. The predicted molar refractivity (Wildman–Crippen MR) is 50.3 cm³/mol. The van der Waals surface area contributed by atoms with Crippen molar-refractivity contribution in [1.82, 2.24) is 0 Å². The Balaban J connectivity index is 3.24. The summed E-state index contributed by atoms with van der Waals surface area (Å²) in [7, 11) is 0. The number of nitrogen functional groups attached to an aromatic ring is 1. The van der Waals surface area contributed by atoms with E-state index in [0.29, 0.717) is 15.7 Å². The molecule has 0 aromatic heterocycles. The van der Waals surface area contributed by atoms with Gasteiger partial charge in [-0.25, -0.2) is 0 Å². The molecule has 0 heterocycles. The summed E-state index contributed by atoms with van der Waals surface area (Å²) in [6, 6.07) is 3.50. The first-order valence-electron chi connectivity index (χ1n) is 3.38. The zero-order valence-corrected chi connectivity index (χ0v) is 7.71. The third-order valence-corrected chi connectivity index (χ3v) is 2.35. The van der Waals surface area contributed by atoms with Crippen molar-refractivity contribution in [3.8, 4) is 0 Å². The summed E-state index contributed by atoms with van der Waals surface area (Å²) in [6.07, 6.45) is 0.851. The average Bonchev–Trinajstić information content (AvgIpc) is 1.96. The van der Waals surface area contributed by atoms with E-state index in [-0.39, 0.29) is 0 Å². The largest absolute Gasteiger partial charge is 0.399 e. The van der Waals surface area contributed by atoms with Crippen molar-refractivity contribution in [1.29, 1.82) is 0 Å². The number of aryl methyl sites for hydroxylation is 1. The molecule has 11 heavy (non-hydrogen) atoms. The Kier molecular flexibility index (Phi) is 2.63. The van der Waals surface area contributed by atoms with Crippen LogP contribution in [0.3, 0.4) is 0 Å². The van der Waals surface area contributed by atoms with Gasteiger partial charge in [-0.05, 0) is 24.1 Å². The van der Waals surface area contributed by atoms with Gasteiger partial charge in [0.05, 0.1) is 10.0 Å². The zero-order valence-electron chi connectivity index (χ0n) is 6.20. The minimum Gasteiger partial charge on any atom is -0.399 e. The number of halogens is 2. The second kappa shape index (κ2) is 3.33. The Morgan fingerprint density at radius 1 is 1.36 bits per heavy atom. The summed E-state index contributed by atoms with van der Waals surface area (Å²) >= 11 is 11.7. The minimum absolute atomic E-state index is 0.531. The van der Waals surface area contributed by atoms with Crippen LogP contribution in [0.2, 0.25) is 10.0 Å². The number of hydrogen-bond donors (Lipinski definition) is 1. The van der Waals surface area contributed by atoms with Gasteiger partial charge in [0.1, 0.15) is 0 Å². The first kappa shape index (κ1) is 8.69. The molecule has 1 aromatic rings. The van der Waals surface area contributed by atoms with E-state index in [2.05, 4.69) is 0 Å². The molecule has 2 N–H and O–H groups in total. The summed E-state index contributed by atoms with van der Waals surface area (Å²) in [5.74, 6) is 0. The van der Waals surface area contributed by atoms with Crippen LogP contribution in [-0.2, 0) is 6.42 Å². The fraction of sp³-hybridized carbons (Fsp3) is 0.250. The van der Waals surface area contributed by atoms with Crippen molar-refractivity contribution < 1.29 is 0 Å². The molecule has 1 nitrogen and oxygen atoms in total. The Morgan fingerprint density at radius 3 is 2.55 bits per heavy atom. The normalized spacial score (nSPS) is 10.1. The summed E-state index contributed by atoms with van der Waals surface area (Å²) < 4.78 is 0. The van der Waals surface area contributed by atoms with E-state index in [0.717, 1.165) is 12.0 Å². The van der Waals surface area contributed by atoms with Crippen molar-refractivity contribution in [2.45, 2.75) is 13.3 Å². The van der Waals surface area contributed by atoms with Gasteiger partial charge in [-0.2, -0.15) is 0 Å². The molecule has 0 fully saturated rings. The van der Waals surface area contributed by atoms with Crippen LogP contribution in [0.5, 0.6) is 0 Å². The maximum atomic E-state index is 5.88. The first-order chi connectivity index (χ1) is 5.15. The van der Waals surface area contributed by atoms with Crippen LogP contribution in [0.4, 0.5) is 5.69 Å². The molecular weight excluding hydrogens is 181 g/mol. The monoisotopic (exact) mass is 189 g/mol. The van der Waals surface area contributed by atoms with Gasteiger partial charge in [-0.15, -0.1) is 0 Å². The van der Waals surface area contributed by atoms with Crippen LogP contribution in [0.1, 0.15) is 12.5 Å². The van der Waals surface area contributed by atoms with Crippen molar-refractivity contribution in [3.63, 3.8) is 0 Å². The molecule has 0 aliphatic rings. The van der Waals surface area contributed by atoms with Gasteiger partial charge in [-0.1, -0.05) is 30.1 Å². The van der Waals surface area contributed by atoms with Crippen molar-refractivity contribution >= 4 is 28.9 Å². The summed E-state index contributed by atoms with van der Waals surface area (Å²) in [5, 5.41) is 1.15. The van der Waals surface area contributed by atoms with Crippen molar-refractivity contribution in [2.24, 2.45) is 0 Å². The highest BCUT2D eigenvalue weighted by molar-refractivity contribution is 6.42. The molecule has 1 aromatic carbocycles. The molecule has 0 spiro atoms. The lowest BCUT2D eigenvalue weighted by Crippen LogP contribution is -1.89. The maximum absolute atomic E-state index is 5.88. The van der Waals surface area contributed by atoms with E-state index in [9.17, 15) is 0 Å². The molecule has 3 heteroatoms. The zero-order chi connectivity index (χ0) is 8.43. The highest BCUT2D eigenvalue weighted by atomic mass is 35.5. The third-order valence-electron chi connectivity index (χ3n) is 1.51. The van der Waals surface area contributed by atoms with Crippen molar-refractivity contribution in [2.75, 3.05) is 5.73 Å². The van der Waals surface area contributed by atoms with Gasteiger partial charge in [0.25, 0.3) is 0 Å². The summed E-state index contributed by atoms with van der Waals surface area (Å²) in [5.41, 5.74) is 7.22. The number of nitrogens with two attached hydrogens (primary N) is 1. The first-order valence-corrected chi connectivity index (χ1v) is 4.14. The molecule has 0 radical (unpaired) electrons. The van der Waals surface area contributed by atoms with Crippen LogP contribution in [0.25, 0.3) is 0 Å². The van der Waals surface area contributed by atoms with Crippen LogP contribution in [0.15, 0.2) is 12.1 Å². The Hall–Kier alpha value is -0.400. The average molecular weight is 190 g/mol. The van der Waals surface area contributed by atoms with Crippen LogP contribution >= 0.6 is 23.2 Å². The van der Waals surface area contributed by atoms with Gasteiger partial charge in [0.2, 0.25) is 0 Å². The lowest BCUT2D eigenvalue weighted by molar-refractivity contribution is 1.14. The van der Waals surface area contributed by atoms with Gasteiger partial charge < -0.3 is 5.73 Å². The molecule has 0 aliphatic carbocycles. The molecule has 0 saturated carbocycles. The Morgan fingerprint density at radius 2 is 2.00 bits per heavy atom. The summed E-state index contributed by atoms with van der Waals surface area (Å²) in [6.45, 7) is 2.01. The highest BCUT2D eigenvalue weighted by Crippen LogP contribution is 2.28. The smallest absolute Gasteiger partial charge is 0.0625 e. The lowest BCUT2D eigenvalue weighted by atomic mass is 10.1. The lowest BCUT2D eigenvalue weighted by Gasteiger charge is -2.03. The molecule has 0 atom stereocenters. The topological polar surface area (TPSA) is 26.0 Å². The van der Waals surface area contributed by atoms with Gasteiger partial charge in [0, 0.05) is 5.69 Å². The van der Waals surface area contributed by atoms with Gasteiger partial charge >= 0.3 is 0 Å².